The topological polar surface area (TPSA) is 63.6 Å². The zero-order valence-corrected chi connectivity index (χ0v) is 14.6. The number of piperidine rings is 1. The summed E-state index contributed by atoms with van der Waals surface area (Å²) < 4.78 is 1.61. The van der Waals surface area contributed by atoms with Gasteiger partial charge in [0.15, 0.2) is 0 Å². The standard InChI is InChI=1S/C17H24N4O.ClH/c1-12-5-6-20(15(7-12)9-18)11-14-8-17(22)21-10-13(2)3-4-16(21)19-14;/h3-4,8,10,12,15H,5-7,9,11,18H2,1-2H3;1H. The molecule has 3 heterocycles. The Hall–Kier alpha value is -1.43. The van der Waals surface area contributed by atoms with Crippen molar-refractivity contribution in [3.8, 4) is 0 Å². The number of aryl methyl sites for hydroxylation is 1. The fourth-order valence-electron chi connectivity index (χ4n) is 3.30. The van der Waals surface area contributed by atoms with Gasteiger partial charge in [-0.15, -0.1) is 12.4 Å². The maximum atomic E-state index is 12.3. The van der Waals surface area contributed by atoms with E-state index >= 15 is 0 Å². The normalized spacial score (nSPS) is 22.0. The molecule has 6 heteroatoms. The van der Waals surface area contributed by atoms with Gasteiger partial charge < -0.3 is 5.73 Å². The Kier molecular flexibility index (Phi) is 5.79. The zero-order chi connectivity index (χ0) is 15.7. The molecule has 0 aromatic carbocycles. The summed E-state index contributed by atoms with van der Waals surface area (Å²) in [5.41, 5.74) is 8.50. The van der Waals surface area contributed by atoms with Crippen molar-refractivity contribution in [1.29, 1.82) is 0 Å². The molecule has 2 unspecified atom stereocenters. The van der Waals surface area contributed by atoms with Crippen LogP contribution < -0.4 is 11.3 Å². The second-order valence-electron chi connectivity index (χ2n) is 6.51. The first-order chi connectivity index (χ1) is 10.6. The number of aromatic nitrogens is 2. The van der Waals surface area contributed by atoms with E-state index in [9.17, 15) is 4.79 Å². The van der Waals surface area contributed by atoms with Crippen molar-refractivity contribution in [2.75, 3.05) is 13.1 Å². The summed E-state index contributed by atoms with van der Waals surface area (Å²) in [5.74, 6) is 0.725. The summed E-state index contributed by atoms with van der Waals surface area (Å²) >= 11 is 0. The molecule has 1 aliphatic rings. The number of pyridine rings is 1. The van der Waals surface area contributed by atoms with Gasteiger partial charge in [0.25, 0.3) is 5.56 Å². The second kappa shape index (κ2) is 7.43. The first-order valence-electron chi connectivity index (χ1n) is 8.00. The van der Waals surface area contributed by atoms with Gasteiger partial charge in [-0.25, -0.2) is 4.98 Å². The highest BCUT2D eigenvalue weighted by Crippen LogP contribution is 2.23. The number of halogens is 1. The number of hydrogen-bond donors (Lipinski definition) is 1. The highest BCUT2D eigenvalue weighted by molar-refractivity contribution is 5.85. The van der Waals surface area contributed by atoms with Gasteiger partial charge in [0.2, 0.25) is 0 Å². The number of nitrogens with zero attached hydrogens (tertiary/aromatic N) is 3. The number of rotatable bonds is 3. The summed E-state index contributed by atoms with van der Waals surface area (Å²) in [6.45, 7) is 6.64. The van der Waals surface area contributed by atoms with Crippen LogP contribution in [0.1, 0.15) is 31.0 Å². The van der Waals surface area contributed by atoms with Gasteiger partial charge in [0, 0.05) is 31.4 Å². The van der Waals surface area contributed by atoms with Gasteiger partial charge in [0.1, 0.15) is 5.65 Å². The Labute approximate surface area is 142 Å². The molecule has 0 bridgehead atoms. The third-order valence-corrected chi connectivity index (χ3v) is 4.60. The molecule has 1 fully saturated rings. The molecule has 23 heavy (non-hydrogen) atoms. The Morgan fingerprint density at radius 3 is 2.91 bits per heavy atom. The van der Waals surface area contributed by atoms with Gasteiger partial charge in [-0.3, -0.25) is 14.1 Å². The van der Waals surface area contributed by atoms with Crippen LogP contribution in [-0.2, 0) is 6.54 Å². The molecule has 5 nitrogen and oxygen atoms in total. The zero-order valence-electron chi connectivity index (χ0n) is 13.7. The molecular weight excluding hydrogens is 312 g/mol. The number of nitrogens with two attached hydrogens (primary N) is 1. The van der Waals surface area contributed by atoms with Gasteiger partial charge in [-0.1, -0.05) is 13.0 Å². The lowest BCUT2D eigenvalue weighted by Gasteiger charge is -2.37. The van der Waals surface area contributed by atoms with E-state index in [0.717, 1.165) is 30.1 Å². The molecule has 0 aliphatic carbocycles. The number of hydrogen-bond acceptors (Lipinski definition) is 4. The highest BCUT2D eigenvalue weighted by Gasteiger charge is 2.25. The summed E-state index contributed by atoms with van der Waals surface area (Å²) in [5, 5.41) is 0. The minimum atomic E-state index is -0.0154. The highest BCUT2D eigenvalue weighted by atomic mass is 35.5. The molecule has 0 amide bonds. The van der Waals surface area contributed by atoms with Crippen molar-refractivity contribution in [3.63, 3.8) is 0 Å². The fourth-order valence-corrected chi connectivity index (χ4v) is 3.30. The molecule has 1 saturated heterocycles. The molecule has 2 atom stereocenters. The molecule has 0 saturated carbocycles. The smallest absolute Gasteiger partial charge is 0.258 e. The Morgan fingerprint density at radius 1 is 1.39 bits per heavy atom. The number of fused-ring (bicyclic) bond motifs is 1. The predicted octanol–water partition coefficient (Wildman–Crippen LogP) is 1.98. The van der Waals surface area contributed by atoms with Gasteiger partial charge in [-0.05, 0) is 43.9 Å². The van der Waals surface area contributed by atoms with E-state index in [4.69, 9.17) is 5.73 Å². The summed E-state index contributed by atoms with van der Waals surface area (Å²) in [6.07, 6.45) is 4.14. The Morgan fingerprint density at radius 2 is 2.17 bits per heavy atom. The summed E-state index contributed by atoms with van der Waals surface area (Å²) in [4.78, 5) is 19.3. The van der Waals surface area contributed by atoms with Crippen LogP contribution >= 0.6 is 12.4 Å². The van der Waals surface area contributed by atoms with Crippen molar-refractivity contribution in [1.82, 2.24) is 14.3 Å². The average molecular weight is 337 g/mol. The van der Waals surface area contributed by atoms with Crippen LogP contribution in [0.25, 0.3) is 5.65 Å². The van der Waals surface area contributed by atoms with Crippen molar-refractivity contribution < 1.29 is 0 Å². The largest absolute Gasteiger partial charge is 0.329 e. The lowest BCUT2D eigenvalue weighted by molar-refractivity contribution is 0.114. The average Bonchev–Trinajstić information content (AvgIpc) is 2.50. The van der Waals surface area contributed by atoms with Crippen LogP contribution in [0.4, 0.5) is 0 Å². The van der Waals surface area contributed by atoms with Crippen LogP contribution in [0.15, 0.2) is 29.2 Å². The summed E-state index contributed by atoms with van der Waals surface area (Å²) in [6, 6.07) is 5.93. The van der Waals surface area contributed by atoms with Crippen LogP contribution in [0.2, 0.25) is 0 Å². The third-order valence-electron chi connectivity index (χ3n) is 4.60. The van der Waals surface area contributed by atoms with E-state index < -0.39 is 0 Å². The minimum absolute atomic E-state index is 0. The maximum Gasteiger partial charge on any atom is 0.258 e. The predicted molar refractivity (Wildman–Crippen MR) is 95.1 cm³/mol. The molecule has 1 aliphatic heterocycles. The fraction of sp³-hybridized carbons (Fsp3) is 0.529. The van der Waals surface area contributed by atoms with E-state index in [0.29, 0.717) is 24.8 Å². The molecule has 2 N–H and O–H groups in total. The molecule has 0 spiro atoms. The molecule has 126 valence electrons. The van der Waals surface area contributed by atoms with E-state index in [1.165, 1.54) is 6.42 Å². The molecule has 0 radical (unpaired) electrons. The first kappa shape index (κ1) is 17.9. The van der Waals surface area contributed by atoms with Crippen LogP contribution in [0.5, 0.6) is 0 Å². The van der Waals surface area contributed by atoms with E-state index in [1.54, 1.807) is 10.5 Å². The first-order valence-corrected chi connectivity index (χ1v) is 8.00. The Balaban J connectivity index is 0.00000192. The number of likely N-dealkylation sites (tertiary alicyclic amines) is 1. The van der Waals surface area contributed by atoms with Crippen molar-refractivity contribution in [2.24, 2.45) is 11.7 Å². The van der Waals surface area contributed by atoms with Gasteiger partial charge >= 0.3 is 0 Å². The van der Waals surface area contributed by atoms with Crippen LogP contribution in [0, 0.1) is 12.8 Å². The lowest BCUT2D eigenvalue weighted by Crippen LogP contribution is -2.45. The van der Waals surface area contributed by atoms with Gasteiger partial charge in [0.05, 0.1) is 5.69 Å². The lowest BCUT2D eigenvalue weighted by atomic mass is 9.92. The molecule has 2 aromatic heterocycles. The third kappa shape index (κ3) is 3.91. The van der Waals surface area contributed by atoms with E-state index in [1.807, 2.05) is 25.3 Å². The van der Waals surface area contributed by atoms with Gasteiger partial charge in [-0.2, -0.15) is 0 Å². The van der Waals surface area contributed by atoms with Crippen molar-refractivity contribution in [2.45, 2.75) is 39.3 Å². The molecule has 2 aromatic rings. The van der Waals surface area contributed by atoms with E-state index in [2.05, 4.69) is 16.8 Å². The SMILES string of the molecule is Cc1ccc2nc(CN3CCC(C)CC3CN)cc(=O)n2c1.Cl. The van der Waals surface area contributed by atoms with Crippen molar-refractivity contribution in [3.05, 3.63) is 46.0 Å². The summed E-state index contributed by atoms with van der Waals surface area (Å²) in [7, 11) is 0. The Bertz CT molecular complexity index is 730. The quantitative estimate of drug-likeness (QED) is 0.931. The molecular formula is C17H25ClN4O. The maximum absolute atomic E-state index is 12.3. The van der Waals surface area contributed by atoms with E-state index in [-0.39, 0.29) is 18.0 Å². The van der Waals surface area contributed by atoms with Crippen LogP contribution in [-0.4, -0.2) is 33.4 Å². The second-order valence-corrected chi connectivity index (χ2v) is 6.51. The minimum Gasteiger partial charge on any atom is -0.329 e. The monoisotopic (exact) mass is 336 g/mol. The van der Waals surface area contributed by atoms with Crippen molar-refractivity contribution >= 4 is 18.1 Å². The molecule has 3 rings (SSSR count). The van der Waals surface area contributed by atoms with Crippen LogP contribution in [0.3, 0.4) is 0 Å².